The maximum atomic E-state index is 12.2. The third kappa shape index (κ3) is 3.00. The molecule has 0 bridgehead atoms. The first kappa shape index (κ1) is 14.5. The fourth-order valence-electron chi connectivity index (χ4n) is 1.88. The quantitative estimate of drug-likeness (QED) is 0.848. The van der Waals surface area contributed by atoms with Crippen molar-refractivity contribution in [2.75, 3.05) is 5.75 Å². The molecule has 0 fully saturated rings. The van der Waals surface area contributed by atoms with Gasteiger partial charge in [0.1, 0.15) is 0 Å². The molecule has 2 aromatic rings. The van der Waals surface area contributed by atoms with Gasteiger partial charge < -0.3 is 10.3 Å². The van der Waals surface area contributed by atoms with Gasteiger partial charge in [0.25, 0.3) is 0 Å². The van der Waals surface area contributed by atoms with Crippen LogP contribution < -0.4 is 11.4 Å². The number of imidazole rings is 1. The van der Waals surface area contributed by atoms with E-state index in [9.17, 15) is 13.2 Å². The highest BCUT2D eigenvalue weighted by atomic mass is 32.2. The standard InChI is InChI=1S/C13H17N3O3S/c1-15-5-6-16(13(15)17)7-8-20(18,19)12-4-2-3-11(9-12)10-14/h2-6,9H,7-8,10,14H2,1H3. The smallest absolute Gasteiger partial charge is 0.326 e. The Bertz CT molecular complexity index is 759. The Morgan fingerprint density at radius 2 is 2.00 bits per heavy atom. The van der Waals surface area contributed by atoms with Gasteiger partial charge in [-0.05, 0) is 17.7 Å². The zero-order valence-corrected chi connectivity index (χ0v) is 12.0. The van der Waals surface area contributed by atoms with Gasteiger partial charge in [0.15, 0.2) is 9.84 Å². The second kappa shape index (κ2) is 5.64. The third-order valence-corrected chi connectivity index (χ3v) is 4.80. The zero-order chi connectivity index (χ0) is 14.8. The Labute approximate surface area is 117 Å². The van der Waals surface area contributed by atoms with Crippen LogP contribution in [0.15, 0.2) is 46.3 Å². The molecule has 20 heavy (non-hydrogen) atoms. The second-order valence-electron chi connectivity index (χ2n) is 4.56. The first-order chi connectivity index (χ1) is 9.44. The van der Waals surface area contributed by atoms with Crippen LogP contribution in [0.25, 0.3) is 0 Å². The summed E-state index contributed by atoms with van der Waals surface area (Å²) in [4.78, 5) is 11.9. The number of aryl methyl sites for hydroxylation is 2. The number of hydrogen-bond acceptors (Lipinski definition) is 4. The highest BCUT2D eigenvalue weighted by molar-refractivity contribution is 7.91. The predicted molar refractivity (Wildman–Crippen MR) is 76.1 cm³/mol. The maximum Gasteiger partial charge on any atom is 0.327 e. The van der Waals surface area contributed by atoms with Gasteiger partial charge in [0.05, 0.1) is 10.6 Å². The summed E-state index contributed by atoms with van der Waals surface area (Å²) in [5.41, 5.74) is 6.05. The van der Waals surface area contributed by atoms with Crippen LogP contribution in [0.5, 0.6) is 0 Å². The lowest BCUT2D eigenvalue weighted by Crippen LogP contribution is -2.25. The van der Waals surface area contributed by atoms with Crippen LogP contribution in [-0.2, 0) is 30.0 Å². The summed E-state index contributed by atoms with van der Waals surface area (Å²) in [7, 11) is -1.80. The Hall–Kier alpha value is -1.86. The predicted octanol–water partition coefficient (Wildman–Crippen LogP) is 0.119. The number of benzene rings is 1. The molecule has 0 spiro atoms. The molecule has 1 aromatic carbocycles. The molecular weight excluding hydrogens is 278 g/mol. The molecule has 0 aliphatic rings. The number of sulfone groups is 1. The topological polar surface area (TPSA) is 87.1 Å². The van der Waals surface area contributed by atoms with Crippen LogP contribution >= 0.6 is 0 Å². The fourth-order valence-corrected chi connectivity index (χ4v) is 3.17. The SMILES string of the molecule is Cn1ccn(CCS(=O)(=O)c2cccc(CN)c2)c1=O. The molecule has 1 heterocycles. The molecule has 1 aromatic heterocycles. The molecule has 2 rings (SSSR count). The average molecular weight is 295 g/mol. The van der Waals surface area contributed by atoms with Gasteiger partial charge in [-0.15, -0.1) is 0 Å². The third-order valence-electron chi connectivity index (χ3n) is 3.11. The van der Waals surface area contributed by atoms with E-state index in [1.807, 2.05) is 0 Å². The second-order valence-corrected chi connectivity index (χ2v) is 6.66. The van der Waals surface area contributed by atoms with Crippen LogP contribution in [-0.4, -0.2) is 23.3 Å². The van der Waals surface area contributed by atoms with Crippen LogP contribution in [0.3, 0.4) is 0 Å². The molecule has 0 radical (unpaired) electrons. The summed E-state index contributed by atoms with van der Waals surface area (Å²) in [5.74, 6) is -0.120. The first-order valence-corrected chi connectivity index (χ1v) is 7.83. The lowest BCUT2D eigenvalue weighted by molar-refractivity contribution is 0.586. The molecular formula is C13H17N3O3S. The molecule has 0 aliphatic carbocycles. The van der Waals surface area contributed by atoms with Crippen molar-refractivity contribution >= 4 is 9.84 Å². The summed E-state index contributed by atoms with van der Waals surface area (Å²) in [5, 5.41) is 0. The van der Waals surface area contributed by atoms with E-state index >= 15 is 0 Å². The van der Waals surface area contributed by atoms with E-state index in [4.69, 9.17) is 5.73 Å². The van der Waals surface area contributed by atoms with Gasteiger partial charge in [-0.2, -0.15) is 0 Å². The molecule has 0 atom stereocenters. The Kier molecular flexibility index (Phi) is 4.10. The van der Waals surface area contributed by atoms with E-state index in [2.05, 4.69) is 0 Å². The van der Waals surface area contributed by atoms with E-state index < -0.39 is 9.84 Å². The highest BCUT2D eigenvalue weighted by Gasteiger charge is 2.15. The summed E-state index contributed by atoms with van der Waals surface area (Å²) in [6, 6.07) is 6.57. The van der Waals surface area contributed by atoms with Crippen molar-refractivity contribution in [3.05, 3.63) is 52.7 Å². The van der Waals surface area contributed by atoms with Crippen molar-refractivity contribution in [2.45, 2.75) is 18.0 Å². The van der Waals surface area contributed by atoms with Crippen molar-refractivity contribution in [1.29, 1.82) is 0 Å². The van der Waals surface area contributed by atoms with Crippen molar-refractivity contribution < 1.29 is 8.42 Å². The molecule has 7 heteroatoms. The van der Waals surface area contributed by atoms with Crippen LogP contribution in [0, 0.1) is 0 Å². The lowest BCUT2D eigenvalue weighted by atomic mass is 10.2. The van der Waals surface area contributed by atoms with Gasteiger partial charge in [-0.3, -0.25) is 4.57 Å². The van der Waals surface area contributed by atoms with E-state index in [1.54, 1.807) is 43.7 Å². The van der Waals surface area contributed by atoms with E-state index in [0.717, 1.165) is 5.56 Å². The molecule has 0 unspecified atom stereocenters. The number of hydrogen-bond donors (Lipinski definition) is 1. The summed E-state index contributed by atoms with van der Waals surface area (Å²) < 4.78 is 27.2. The van der Waals surface area contributed by atoms with Crippen molar-refractivity contribution in [3.63, 3.8) is 0 Å². The first-order valence-electron chi connectivity index (χ1n) is 6.17. The summed E-state index contributed by atoms with van der Waals surface area (Å²) in [6.07, 6.45) is 3.18. The number of rotatable bonds is 5. The van der Waals surface area contributed by atoms with Crippen LogP contribution in [0.2, 0.25) is 0 Å². The minimum Gasteiger partial charge on any atom is -0.326 e. The Morgan fingerprint density at radius 1 is 1.25 bits per heavy atom. The summed E-state index contributed by atoms with van der Waals surface area (Å²) in [6.45, 7) is 0.427. The maximum absolute atomic E-state index is 12.2. The molecule has 2 N–H and O–H groups in total. The van der Waals surface area contributed by atoms with Crippen molar-refractivity contribution in [2.24, 2.45) is 12.8 Å². The van der Waals surface area contributed by atoms with Gasteiger partial charge in [0.2, 0.25) is 0 Å². The molecule has 108 valence electrons. The van der Waals surface area contributed by atoms with Crippen molar-refractivity contribution in [3.8, 4) is 0 Å². The summed E-state index contributed by atoms with van der Waals surface area (Å²) >= 11 is 0. The molecule has 0 saturated carbocycles. The molecule has 0 amide bonds. The van der Waals surface area contributed by atoms with Gasteiger partial charge in [-0.25, -0.2) is 13.2 Å². The molecule has 0 aliphatic heterocycles. The van der Waals surface area contributed by atoms with Crippen molar-refractivity contribution in [1.82, 2.24) is 9.13 Å². The van der Waals surface area contributed by atoms with E-state index in [0.29, 0.717) is 6.54 Å². The van der Waals surface area contributed by atoms with E-state index in [-0.39, 0.29) is 22.9 Å². The lowest BCUT2D eigenvalue weighted by Gasteiger charge is -2.06. The van der Waals surface area contributed by atoms with Crippen LogP contribution in [0.4, 0.5) is 0 Å². The van der Waals surface area contributed by atoms with Gasteiger partial charge in [0, 0.05) is 32.5 Å². The normalized spacial score (nSPS) is 11.7. The minimum absolute atomic E-state index is 0.120. The Balaban J connectivity index is 2.19. The molecule has 0 saturated heterocycles. The molecule has 6 nitrogen and oxygen atoms in total. The van der Waals surface area contributed by atoms with E-state index in [1.165, 1.54) is 9.13 Å². The Morgan fingerprint density at radius 3 is 2.60 bits per heavy atom. The average Bonchev–Trinajstić information content (AvgIpc) is 2.77. The minimum atomic E-state index is -3.42. The van der Waals surface area contributed by atoms with Crippen LogP contribution in [0.1, 0.15) is 5.56 Å². The van der Waals surface area contributed by atoms with Gasteiger partial charge >= 0.3 is 5.69 Å². The highest BCUT2D eigenvalue weighted by Crippen LogP contribution is 2.13. The largest absolute Gasteiger partial charge is 0.327 e. The zero-order valence-electron chi connectivity index (χ0n) is 11.2. The monoisotopic (exact) mass is 295 g/mol. The number of nitrogens with zero attached hydrogens (tertiary/aromatic N) is 2. The fraction of sp³-hybridized carbons (Fsp3) is 0.308. The number of nitrogens with two attached hydrogens (primary N) is 1. The number of aromatic nitrogens is 2. The van der Waals surface area contributed by atoms with Gasteiger partial charge in [-0.1, -0.05) is 12.1 Å².